The van der Waals surface area contributed by atoms with E-state index in [1.54, 1.807) is 7.11 Å². The van der Waals surface area contributed by atoms with E-state index < -0.39 is 0 Å². The van der Waals surface area contributed by atoms with E-state index in [2.05, 4.69) is 17.0 Å². The van der Waals surface area contributed by atoms with Crippen LogP contribution >= 0.6 is 0 Å². The maximum atomic E-state index is 12.1. The van der Waals surface area contributed by atoms with Gasteiger partial charge in [0.2, 0.25) is 0 Å². The minimum Gasteiger partial charge on any atom is -0.496 e. The van der Waals surface area contributed by atoms with Gasteiger partial charge in [0.05, 0.1) is 13.7 Å². The molecule has 1 saturated heterocycles. The van der Waals surface area contributed by atoms with Gasteiger partial charge in [0, 0.05) is 6.54 Å². The molecule has 0 aromatic heterocycles. The van der Waals surface area contributed by atoms with Gasteiger partial charge in [-0.1, -0.05) is 18.6 Å². The summed E-state index contributed by atoms with van der Waals surface area (Å²) in [5, 5.41) is 0. The molecule has 1 aliphatic rings. The van der Waals surface area contributed by atoms with Crippen LogP contribution in [0.1, 0.15) is 37.3 Å². The summed E-state index contributed by atoms with van der Waals surface area (Å²) in [6.07, 6.45) is 3.14. The van der Waals surface area contributed by atoms with Crippen molar-refractivity contribution in [1.82, 2.24) is 4.90 Å². The molecule has 0 radical (unpaired) electrons. The van der Waals surface area contributed by atoms with E-state index in [0.717, 1.165) is 43.7 Å². The first-order valence-corrected chi connectivity index (χ1v) is 7.70. The zero-order chi connectivity index (χ0) is 15.2. The highest BCUT2D eigenvalue weighted by molar-refractivity contribution is 5.75. The fourth-order valence-electron chi connectivity index (χ4n) is 2.96. The smallest absolute Gasteiger partial charge is 0.323 e. The van der Waals surface area contributed by atoms with Crippen LogP contribution in [0.5, 0.6) is 5.75 Å². The second-order valence-electron chi connectivity index (χ2n) is 5.54. The molecule has 0 bridgehead atoms. The molecule has 0 aliphatic carbocycles. The summed E-state index contributed by atoms with van der Waals surface area (Å²) in [5.74, 6) is 0.821. The summed E-state index contributed by atoms with van der Waals surface area (Å²) in [6, 6.07) is 6.10. The van der Waals surface area contributed by atoms with Crippen molar-refractivity contribution < 1.29 is 14.3 Å². The Morgan fingerprint density at radius 3 is 2.86 bits per heavy atom. The second-order valence-corrected chi connectivity index (χ2v) is 5.54. The zero-order valence-corrected chi connectivity index (χ0v) is 13.2. The maximum absolute atomic E-state index is 12.1. The summed E-state index contributed by atoms with van der Waals surface area (Å²) >= 11 is 0. The van der Waals surface area contributed by atoms with Gasteiger partial charge in [-0.2, -0.15) is 0 Å². The molecule has 0 amide bonds. The Kier molecular flexibility index (Phi) is 5.62. The molecule has 4 heteroatoms. The second kappa shape index (κ2) is 7.46. The number of likely N-dealkylation sites (tertiary alicyclic amines) is 1. The highest BCUT2D eigenvalue weighted by Gasteiger charge is 2.29. The Labute approximate surface area is 127 Å². The van der Waals surface area contributed by atoms with Crippen LogP contribution in [0.3, 0.4) is 0 Å². The first-order chi connectivity index (χ1) is 10.2. The molecule has 0 spiro atoms. The van der Waals surface area contributed by atoms with Crippen molar-refractivity contribution in [2.45, 2.75) is 45.7 Å². The molecule has 1 heterocycles. The van der Waals surface area contributed by atoms with Crippen LogP contribution in [-0.4, -0.2) is 37.2 Å². The fraction of sp³-hybridized carbons (Fsp3) is 0.588. The Balaban J connectivity index is 2.08. The molecule has 1 fully saturated rings. The topological polar surface area (TPSA) is 38.8 Å². The lowest BCUT2D eigenvalue weighted by atomic mass is 10.0. The molecule has 1 aliphatic heterocycles. The number of methoxy groups -OCH3 is 1. The third kappa shape index (κ3) is 3.97. The molecule has 116 valence electrons. The van der Waals surface area contributed by atoms with Crippen LogP contribution in [0.25, 0.3) is 0 Å². The van der Waals surface area contributed by atoms with Crippen molar-refractivity contribution in [3.8, 4) is 5.75 Å². The first kappa shape index (κ1) is 15.8. The number of carbonyl (C=O) groups is 1. The molecule has 1 aromatic carbocycles. The van der Waals surface area contributed by atoms with Crippen molar-refractivity contribution in [3.63, 3.8) is 0 Å². The van der Waals surface area contributed by atoms with E-state index in [1.165, 1.54) is 5.56 Å². The van der Waals surface area contributed by atoms with Crippen molar-refractivity contribution in [3.05, 3.63) is 29.3 Å². The number of esters is 1. The monoisotopic (exact) mass is 291 g/mol. The Morgan fingerprint density at radius 2 is 2.19 bits per heavy atom. The van der Waals surface area contributed by atoms with E-state index in [9.17, 15) is 4.79 Å². The van der Waals surface area contributed by atoms with E-state index in [-0.39, 0.29) is 12.0 Å². The normalized spacial score (nSPS) is 19.3. The average molecular weight is 291 g/mol. The van der Waals surface area contributed by atoms with Crippen LogP contribution < -0.4 is 4.74 Å². The minimum atomic E-state index is -0.0962. The van der Waals surface area contributed by atoms with E-state index in [0.29, 0.717) is 6.61 Å². The summed E-state index contributed by atoms with van der Waals surface area (Å²) in [4.78, 5) is 14.3. The lowest BCUT2D eigenvalue weighted by Gasteiger charge is -2.34. The Morgan fingerprint density at radius 1 is 1.38 bits per heavy atom. The van der Waals surface area contributed by atoms with Crippen LogP contribution in [0.15, 0.2) is 18.2 Å². The third-order valence-electron chi connectivity index (χ3n) is 4.02. The molecular formula is C17H25NO3. The van der Waals surface area contributed by atoms with Crippen LogP contribution in [0.4, 0.5) is 0 Å². The number of hydrogen-bond donors (Lipinski definition) is 0. The summed E-state index contributed by atoms with van der Waals surface area (Å²) in [7, 11) is 1.68. The number of carbonyl (C=O) groups excluding carboxylic acids is 1. The largest absolute Gasteiger partial charge is 0.496 e. The van der Waals surface area contributed by atoms with E-state index in [1.807, 2.05) is 19.9 Å². The predicted molar refractivity (Wildman–Crippen MR) is 82.4 cm³/mol. The predicted octanol–water partition coefficient (Wildman–Crippen LogP) is 2.92. The lowest BCUT2D eigenvalue weighted by molar-refractivity contribution is -0.151. The Hall–Kier alpha value is -1.55. The van der Waals surface area contributed by atoms with Gasteiger partial charge < -0.3 is 9.47 Å². The van der Waals surface area contributed by atoms with Gasteiger partial charge in [-0.05, 0) is 50.4 Å². The fourth-order valence-corrected chi connectivity index (χ4v) is 2.96. The highest BCUT2D eigenvalue weighted by Crippen LogP contribution is 2.23. The zero-order valence-electron chi connectivity index (χ0n) is 13.2. The number of ether oxygens (including phenoxy) is 2. The molecule has 1 aromatic rings. The van der Waals surface area contributed by atoms with E-state index >= 15 is 0 Å². The first-order valence-electron chi connectivity index (χ1n) is 7.70. The summed E-state index contributed by atoms with van der Waals surface area (Å²) < 4.78 is 10.5. The molecule has 4 nitrogen and oxygen atoms in total. The van der Waals surface area contributed by atoms with Crippen LogP contribution in [0, 0.1) is 6.92 Å². The van der Waals surface area contributed by atoms with Gasteiger partial charge in [-0.25, -0.2) is 0 Å². The van der Waals surface area contributed by atoms with Crippen molar-refractivity contribution >= 4 is 5.97 Å². The van der Waals surface area contributed by atoms with Crippen LogP contribution in [-0.2, 0) is 16.1 Å². The number of aryl methyl sites for hydroxylation is 1. The SMILES string of the molecule is CCOC(=O)[C@@H]1CCCCN1Cc1ccc(OC)c(C)c1. The standard InChI is InChI=1S/C17H25NO3/c1-4-21-17(19)15-7-5-6-10-18(15)12-14-8-9-16(20-3)13(2)11-14/h8-9,11,15H,4-7,10,12H2,1-3H3/t15-/m0/s1. The average Bonchev–Trinajstić information content (AvgIpc) is 2.48. The maximum Gasteiger partial charge on any atom is 0.323 e. The number of piperidine rings is 1. The highest BCUT2D eigenvalue weighted by atomic mass is 16.5. The van der Waals surface area contributed by atoms with Gasteiger partial charge >= 0.3 is 5.97 Å². The quantitative estimate of drug-likeness (QED) is 0.782. The van der Waals surface area contributed by atoms with Gasteiger partial charge in [0.15, 0.2) is 0 Å². The summed E-state index contributed by atoms with van der Waals surface area (Å²) in [5.41, 5.74) is 2.34. The Bertz CT molecular complexity index is 487. The molecular weight excluding hydrogens is 266 g/mol. The molecule has 21 heavy (non-hydrogen) atoms. The van der Waals surface area contributed by atoms with Crippen molar-refractivity contribution in [1.29, 1.82) is 0 Å². The van der Waals surface area contributed by atoms with Crippen molar-refractivity contribution in [2.24, 2.45) is 0 Å². The van der Waals surface area contributed by atoms with Crippen LogP contribution in [0.2, 0.25) is 0 Å². The summed E-state index contributed by atoms with van der Waals surface area (Å²) in [6.45, 7) is 6.09. The van der Waals surface area contributed by atoms with Gasteiger partial charge in [-0.15, -0.1) is 0 Å². The van der Waals surface area contributed by atoms with Gasteiger partial charge in [-0.3, -0.25) is 9.69 Å². The third-order valence-corrected chi connectivity index (χ3v) is 4.02. The minimum absolute atomic E-state index is 0.0811. The van der Waals surface area contributed by atoms with Gasteiger partial charge in [0.1, 0.15) is 11.8 Å². The lowest BCUT2D eigenvalue weighted by Crippen LogP contribution is -2.44. The molecule has 0 unspecified atom stereocenters. The number of rotatable bonds is 5. The molecule has 0 saturated carbocycles. The number of hydrogen-bond acceptors (Lipinski definition) is 4. The van der Waals surface area contributed by atoms with E-state index in [4.69, 9.17) is 9.47 Å². The van der Waals surface area contributed by atoms with Crippen molar-refractivity contribution in [2.75, 3.05) is 20.3 Å². The van der Waals surface area contributed by atoms with Gasteiger partial charge in [0.25, 0.3) is 0 Å². The number of nitrogens with zero attached hydrogens (tertiary/aromatic N) is 1. The molecule has 1 atom stereocenters. The molecule has 2 rings (SSSR count). The molecule has 0 N–H and O–H groups in total. The number of benzene rings is 1.